The Bertz CT molecular complexity index is 2190. The minimum absolute atomic E-state index is 0.00321. The number of carbonyl (C=O) groups is 11. The third kappa shape index (κ3) is 15.9. The summed E-state index contributed by atoms with van der Waals surface area (Å²) in [6, 6.07) is -5.88. The molecule has 0 radical (unpaired) electrons. The Balaban J connectivity index is 2.24. The highest BCUT2D eigenvalue weighted by Crippen LogP contribution is 2.26. The van der Waals surface area contributed by atoms with E-state index < -0.39 is 145 Å². The lowest BCUT2D eigenvalue weighted by atomic mass is 9.98. The van der Waals surface area contributed by atoms with E-state index in [1.165, 1.54) is 45.2 Å². The van der Waals surface area contributed by atoms with E-state index in [-0.39, 0.29) is 42.5 Å². The maximum Gasteiger partial charge on any atom is 0.318 e. The predicted molar refractivity (Wildman–Crippen MR) is 244 cm³/mol. The molecule has 0 aliphatic carbocycles. The van der Waals surface area contributed by atoms with Crippen molar-refractivity contribution in [2.75, 3.05) is 27.2 Å². The smallest absolute Gasteiger partial charge is 0.318 e. The molecule has 0 saturated carbocycles. The number of urea groups is 1. The Morgan fingerprint density at radius 3 is 2.10 bits per heavy atom. The minimum Gasteiger partial charge on any atom is -0.508 e. The fourth-order valence-electron chi connectivity index (χ4n) is 7.63. The van der Waals surface area contributed by atoms with Crippen LogP contribution in [0.1, 0.15) is 65.9 Å². The third-order valence-corrected chi connectivity index (χ3v) is 11.6. The van der Waals surface area contributed by atoms with Crippen LogP contribution in [0.5, 0.6) is 5.75 Å². The van der Waals surface area contributed by atoms with Crippen LogP contribution in [0.4, 0.5) is 4.79 Å². The zero-order valence-corrected chi connectivity index (χ0v) is 40.0. The number of likely N-dealkylation sites (N-methyl/N-ethyl adjacent to an activating group) is 1. The van der Waals surface area contributed by atoms with Crippen molar-refractivity contribution in [1.82, 2.24) is 47.0 Å². The maximum absolute atomic E-state index is 14.5. The van der Waals surface area contributed by atoms with E-state index in [1.807, 2.05) is 13.8 Å². The number of aliphatic hydroxyl groups excluding tert-OH is 2. The number of methoxy groups -OCH3 is 1. The molecule has 70 heavy (non-hydrogen) atoms. The molecule has 2 unspecified atom stereocenters. The summed E-state index contributed by atoms with van der Waals surface area (Å²) < 4.78 is 5.40. The number of nitrogens with zero attached hydrogens (tertiary/aromatic N) is 2. The van der Waals surface area contributed by atoms with E-state index >= 15 is 0 Å². The van der Waals surface area contributed by atoms with Crippen LogP contribution in [-0.4, -0.2) is 172 Å². The summed E-state index contributed by atoms with van der Waals surface area (Å²) in [6.45, 7) is 6.99. The summed E-state index contributed by atoms with van der Waals surface area (Å²) in [7, 11) is 2.27. The van der Waals surface area contributed by atoms with Gasteiger partial charge in [-0.05, 0) is 56.6 Å². The number of amides is 12. The van der Waals surface area contributed by atoms with Crippen LogP contribution in [0.2, 0.25) is 0 Å². The van der Waals surface area contributed by atoms with Gasteiger partial charge in [-0.3, -0.25) is 53.3 Å². The van der Waals surface area contributed by atoms with Gasteiger partial charge in [0, 0.05) is 27.1 Å². The molecule has 26 nitrogen and oxygen atoms in total. The zero-order valence-electron chi connectivity index (χ0n) is 40.0. The Labute approximate surface area is 403 Å². The van der Waals surface area contributed by atoms with Gasteiger partial charge in [0.2, 0.25) is 41.4 Å². The van der Waals surface area contributed by atoms with Gasteiger partial charge in [-0.15, -0.1) is 0 Å². The molecule has 0 bridgehead atoms. The number of phenols is 1. The van der Waals surface area contributed by atoms with Crippen LogP contribution < -0.4 is 48.7 Å². The SMILES string of the molecule is C/C=C1\NC(=O)[C@H](O)C(CCC(C)C)NC(=O)[C@H](CC(N)=O)NC(=O)[C@H](Cc2ccccc2O)NC(=O)[C@@H]2C[C@H](C)CN2C(=O)[C@H]([C@@H](C)OC)NC(=O)C([C@H](O)C(=O)NC(N)=O)NC(=O)CN(C)C1=O. The highest BCUT2D eigenvalue weighted by molar-refractivity contribution is 6.03. The molecule has 12 amide bonds. The summed E-state index contributed by atoms with van der Waals surface area (Å²) in [5.41, 5.74) is 10.2. The number of fused-ring (bicyclic) bond motifs is 1. The molecule has 386 valence electrons. The number of benzene rings is 1. The molecule has 2 fully saturated rings. The average molecular weight is 988 g/mol. The summed E-state index contributed by atoms with van der Waals surface area (Å²) in [4.78, 5) is 151. The third-order valence-electron chi connectivity index (χ3n) is 11.6. The number of carbonyl (C=O) groups excluding carboxylic acids is 11. The lowest BCUT2D eigenvalue weighted by Gasteiger charge is -2.33. The van der Waals surface area contributed by atoms with Crippen LogP contribution >= 0.6 is 0 Å². The second-order valence-electron chi connectivity index (χ2n) is 17.6. The second-order valence-corrected chi connectivity index (χ2v) is 17.6. The largest absolute Gasteiger partial charge is 0.508 e. The molecule has 3 rings (SSSR count). The van der Waals surface area contributed by atoms with Crippen molar-refractivity contribution in [2.45, 2.75) is 121 Å². The van der Waals surface area contributed by atoms with Crippen molar-refractivity contribution in [1.29, 1.82) is 0 Å². The molecule has 2 aliphatic heterocycles. The fraction of sp³-hybridized carbons (Fsp3) is 0.568. The van der Waals surface area contributed by atoms with Crippen molar-refractivity contribution in [3.63, 3.8) is 0 Å². The number of nitrogens with one attached hydrogen (secondary N) is 7. The lowest BCUT2D eigenvalue weighted by Crippen LogP contribution is -2.64. The maximum atomic E-state index is 14.5. The average Bonchev–Trinajstić information content (AvgIpc) is 3.69. The molecule has 1 aromatic carbocycles. The number of aliphatic hydroxyl groups is 2. The fourth-order valence-corrected chi connectivity index (χ4v) is 7.63. The van der Waals surface area contributed by atoms with Gasteiger partial charge in [0.15, 0.2) is 12.2 Å². The molecular weight excluding hydrogens is 923 g/mol. The summed E-state index contributed by atoms with van der Waals surface area (Å²) in [5, 5.41) is 48.8. The van der Waals surface area contributed by atoms with Crippen molar-refractivity contribution < 1.29 is 72.8 Å². The number of para-hydroxylation sites is 1. The van der Waals surface area contributed by atoms with E-state index in [0.717, 1.165) is 22.9 Å². The number of hydrogen-bond acceptors (Lipinski definition) is 15. The molecule has 2 heterocycles. The van der Waals surface area contributed by atoms with Gasteiger partial charge in [0.05, 0.1) is 25.1 Å². The first-order chi connectivity index (χ1) is 32.8. The lowest BCUT2D eigenvalue weighted by molar-refractivity contribution is -0.146. The number of allylic oxidation sites excluding steroid dienone is 1. The standard InChI is InChI=1S/C44H65N11O15/c1-8-24-42(67)54(6)19-31(58)51-33(35(60)41(66)53-44(46)69)39(64)52-32(22(5)70-7)43(68)55-18-21(4)15-28(55)38(63)50-26(16-23-11-9-10-12-29(23)56)36(61)49-27(17-30(45)57)37(62)48-25(14-13-20(2)3)34(59)40(65)47-24/h8-12,20-22,25-28,32-35,56,59-60H,13-19H2,1-7H3,(H2,45,57)(H,47,65)(H,48,62)(H,49,61)(H,50,63)(H,51,58)(H,52,64)(H3,46,53,66,69)/b24-8-/t21-,22+,25?,26-,27-,28-,32-,33?,34+,35-/m0/s1. The number of hydrogen-bond donors (Lipinski definition) is 12. The molecule has 0 aromatic heterocycles. The zero-order chi connectivity index (χ0) is 52.7. The van der Waals surface area contributed by atoms with Gasteiger partial charge in [-0.2, -0.15) is 0 Å². The monoisotopic (exact) mass is 987 g/mol. The highest BCUT2D eigenvalue weighted by atomic mass is 16.5. The Hall–Kier alpha value is -7.19. The first-order valence-electron chi connectivity index (χ1n) is 22.4. The number of primary amides is 2. The van der Waals surface area contributed by atoms with Gasteiger partial charge in [-0.1, -0.05) is 45.0 Å². The summed E-state index contributed by atoms with van der Waals surface area (Å²) >= 11 is 0. The van der Waals surface area contributed by atoms with E-state index in [9.17, 15) is 68.1 Å². The second kappa shape index (κ2) is 26.0. The van der Waals surface area contributed by atoms with E-state index in [2.05, 4.69) is 31.9 Å². The predicted octanol–water partition coefficient (Wildman–Crippen LogP) is -4.65. The first kappa shape index (κ1) is 57.1. The van der Waals surface area contributed by atoms with Crippen LogP contribution in [0, 0.1) is 11.8 Å². The van der Waals surface area contributed by atoms with E-state index in [4.69, 9.17) is 16.2 Å². The van der Waals surface area contributed by atoms with Gasteiger partial charge in [0.1, 0.15) is 41.7 Å². The summed E-state index contributed by atoms with van der Waals surface area (Å²) in [5.74, 6) is -12.2. The molecule has 10 atom stereocenters. The molecule has 2 aliphatic rings. The van der Waals surface area contributed by atoms with Crippen molar-refractivity contribution >= 4 is 65.1 Å². The highest BCUT2D eigenvalue weighted by Gasteiger charge is 2.45. The van der Waals surface area contributed by atoms with Crippen LogP contribution in [-0.2, 0) is 59.1 Å². The van der Waals surface area contributed by atoms with Gasteiger partial charge in [-0.25, -0.2) is 4.79 Å². The number of aromatic hydroxyl groups is 1. The molecular formula is C44H65N11O15. The Kier molecular flexibility index (Phi) is 21.2. The number of nitrogens with two attached hydrogens (primary N) is 2. The van der Waals surface area contributed by atoms with Crippen molar-refractivity contribution in [2.24, 2.45) is 23.3 Å². The van der Waals surface area contributed by atoms with Crippen molar-refractivity contribution in [3.8, 4) is 5.75 Å². The topological polar surface area (TPSA) is 400 Å². The van der Waals surface area contributed by atoms with E-state index in [1.54, 1.807) is 12.2 Å². The normalized spacial score (nSPS) is 26.6. The number of ether oxygens (including phenoxy) is 1. The van der Waals surface area contributed by atoms with Crippen LogP contribution in [0.15, 0.2) is 36.0 Å². The number of phenolic OH excluding ortho intramolecular Hbond substituents is 1. The van der Waals surface area contributed by atoms with Gasteiger partial charge in [0.25, 0.3) is 17.7 Å². The van der Waals surface area contributed by atoms with Gasteiger partial charge < -0.3 is 73.2 Å². The van der Waals surface area contributed by atoms with Crippen LogP contribution in [0.3, 0.4) is 0 Å². The first-order valence-corrected chi connectivity index (χ1v) is 22.4. The molecule has 2 saturated heterocycles. The van der Waals surface area contributed by atoms with Gasteiger partial charge >= 0.3 is 6.03 Å². The molecule has 26 heteroatoms. The Morgan fingerprint density at radius 2 is 1.51 bits per heavy atom. The molecule has 14 N–H and O–H groups in total. The van der Waals surface area contributed by atoms with Crippen molar-refractivity contribution in [3.05, 3.63) is 41.6 Å². The quantitative estimate of drug-likeness (QED) is 0.0928. The molecule has 0 spiro atoms. The number of imide groups is 1. The Morgan fingerprint density at radius 1 is 0.886 bits per heavy atom. The minimum atomic E-state index is -2.57. The number of rotatable bonds is 11. The van der Waals surface area contributed by atoms with E-state index in [0.29, 0.717) is 6.42 Å². The summed E-state index contributed by atoms with van der Waals surface area (Å²) in [6.07, 6.45) is -5.74. The van der Waals surface area contributed by atoms with Crippen LogP contribution in [0.25, 0.3) is 0 Å². The molecule has 1 aromatic rings.